The topological polar surface area (TPSA) is 111 Å². The lowest BCUT2D eigenvalue weighted by atomic mass is 9.84. The summed E-state index contributed by atoms with van der Waals surface area (Å²) >= 11 is 5.97. The number of aryl methyl sites for hydroxylation is 1. The molecule has 0 spiro atoms. The maximum atomic E-state index is 15.3. The zero-order valence-corrected chi connectivity index (χ0v) is 27.4. The number of ether oxygens (including phenoxy) is 1. The van der Waals surface area contributed by atoms with Crippen LogP contribution in [0.25, 0.3) is 22.3 Å². The molecular formula is C33H34ClF3N4O4S. The van der Waals surface area contributed by atoms with E-state index in [0.29, 0.717) is 23.4 Å². The molecule has 0 saturated heterocycles. The maximum absolute atomic E-state index is 15.3. The van der Waals surface area contributed by atoms with E-state index < -0.39 is 49.8 Å². The Kier molecular flexibility index (Phi) is 9.60. The number of benzene rings is 2. The standard InChI is InChI=1S/C33H34ClF3N4O4S/c1-18-13-25(21-15-24(35)22(30(37)29(21)36)17-46(43,44)27-8-6-5-7-23(27)34)40-26-16-38-32(41-31(18)26)39-20-11-9-19(10-12-20)14-28(42)45-33(2,3)4/h5-8,13,15-16,19-20H,9-12,14,17H2,1-4H3,(H,38,39,41). The number of aromatic nitrogens is 3. The van der Waals surface area contributed by atoms with Crippen molar-refractivity contribution >= 4 is 44.4 Å². The molecule has 1 saturated carbocycles. The smallest absolute Gasteiger partial charge is 0.306 e. The first-order valence-corrected chi connectivity index (χ1v) is 16.9. The van der Waals surface area contributed by atoms with Gasteiger partial charge in [-0.15, -0.1) is 0 Å². The van der Waals surface area contributed by atoms with Crippen molar-refractivity contribution in [2.45, 2.75) is 82.1 Å². The van der Waals surface area contributed by atoms with Crippen LogP contribution in [0.15, 0.2) is 47.5 Å². The average Bonchev–Trinajstić information content (AvgIpc) is 2.97. The summed E-state index contributed by atoms with van der Waals surface area (Å²) in [5, 5.41) is 3.23. The van der Waals surface area contributed by atoms with E-state index in [1.54, 1.807) is 6.92 Å². The van der Waals surface area contributed by atoms with Crippen LogP contribution in [0.5, 0.6) is 0 Å². The molecule has 0 amide bonds. The van der Waals surface area contributed by atoms with E-state index in [0.717, 1.165) is 31.7 Å². The number of sulfone groups is 1. The Morgan fingerprint density at radius 2 is 1.74 bits per heavy atom. The van der Waals surface area contributed by atoms with Gasteiger partial charge in [0, 0.05) is 23.6 Å². The Labute approximate surface area is 270 Å². The van der Waals surface area contributed by atoms with Gasteiger partial charge >= 0.3 is 5.97 Å². The number of fused-ring (bicyclic) bond motifs is 1. The summed E-state index contributed by atoms with van der Waals surface area (Å²) in [6.07, 6.45) is 5.22. The Balaban J connectivity index is 1.31. The molecule has 1 fully saturated rings. The second-order valence-electron chi connectivity index (χ2n) is 12.6. The van der Waals surface area contributed by atoms with E-state index in [-0.39, 0.29) is 39.1 Å². The van der Waals surface area contributed by atoms with Crippen molar-refractivity contribution < 1.29 is 31.1 Å². The molecule has 0 atom stereocenters. The van der Waals surface area contributed by atoms with Gasteiger partial charge in [-0.3, -0.25) is 4.79 Å². The van der Waals surface area contributed by atoms with Gasteiger partial charge in [-0.25, -0.2) is 36.5 Å². The normalized spacial score (nSPS) is 17.2. The first-order chi connectivity index (χ1) is 21.6. The molecule has 1 aliphatic carbocycles. The van der Waals surface area contributed by atoms with Crippen molar-refractivity contribution in [1.82, 2.24) is 15.0 Å². The van der Waals surface area contributed by atoms with Crippen molar-refractivity contribution in [1.29, 1.82) is 0 Å². The van der Waals surface area contributed by atoms with Crippen molar-refractivity contribution in [3.05, 3.63) is 76.2 Å². The highest BCUT2D eigenvalue weighted by Crippen LogP contribution is 2.33. The minimum atomic E-state index is -4.28. The second kappa shape index (κ2) is 13.2. The van der Waals surface area contributed by atoms with E-state index in [2.05, 4.69) is 20.3 Å². The number of hydrogen-bond acceptors (Lipinski definition) is 8. The summed E-state index contributed by atoms with van der Waals surface area (Å²) in [6, 6.07) is 7.79. The number of hydrogen-bond donors (Lipinski definition) is 1. The van der Waals surface area contributed by atoms with E-state index in [1.807, 2.05) is 20.8 Å². The zero-order valence-electron chi connectivity index (χ0n) is 25.8. The third-order valence-electron chi connectivity index (χ3n) is 7.83. The van der Waals surface area contributed by atoms with Crippen molar-refractivity contribution in [2.75, 3.05) is 5.32 Å². The largest absolute Gasteiger partial charge is 0.460 e. The van der Waals surface area contributed by atoms with Crippen LogP contribution >= 0.6 is 11.6 Å². The monoisotopic (exact) mass is 674 g/mol. The number of nitrogens with zero attached hydrogens (tertiary/aromatic N) is 3. The highest BCUT2D eigenvalue weighted by atomic mass is 35.5. The molecule has 5 rings (SSSR count). The minimum Gasteiger partial charge on any atom is -0.460 e. The van der Waals surface area contributed by atoms with Gasteiger partial charge in [0.15, 0.2) is 21.5 Å². The summed E-state index contributed by atoms with van der Waals surface area (Å²) in [5.41, 5.74) is -0.645. The number of carbonyl (C=O) groups is 1. The molecule has 0 unspecified atom stereocenters. The van der Waals surface area contributed by atoms with Crippen LogP contribution in [0.3, 0.4) is 0 Å². The van der Waals surface area contributed by atoms with Gasteiger partial charge in [-0.2, -0.15) is 0 Å². The number of halogens is 4. The van der Waals surface area contributed by atoms with Gasteiger partial charge in [0.1, 0.15) is 16.9 Å². The van der Waals surface area contributed by atoms with Crippen LogP contribution in [0, 0.1) is 30.3 Å². The highest BCUT2D eigenvalue weighted by Gasteiger charge is 2.28. The summed E-state index contributed by atoms with van der Waals surface area (Å²) in [7, 11) is -4.28. The fourth-order valence-electron chi connectivity index (χ4n) is 5.62. The highest BCUT2D eigenvalue weighted by molar-refractivity contribution is 7.90. The summed E-state index contributed by atoms with van der Waals surface area (Å²) < 4.78 is 76.9. The number of rotatable bonds is 8. The Morgan fingerprint density at radius 3 is 2.41 bits per heavy atom. The number of nitrogens with one attached hydrogen (secondary N) is 1. The van der Waals surface area contributed by atoms with Crippen LogP contribution < -0.4 is 5.32 Å². The van der Waals surface area contributed by atoms with Crippen LogP contribution in [-0.4, -0.2) is 41.0 Å². The molecule has 2 heterocycles. The lowest BCUT2D eigenvalue weighted by molar-refractivity contribution is -0.156. The number of carbonyl (C=O) groups excluding carboxylic acids is 1. The molecule has 0 aliphatic heterocycles. The molecule has 4 aromatic rings. The molecule has 46 heavy (non-hydrogen) atoms. The molecule has 13 heteroatoms. The van der Waals surface area contributed by atoms with Crippen LogP contribution in [0.2, 0.25) is 5.02 Å². The Bertz CT molecular complexity index is 1910. The van der Waals surface area contributed by atoms with Gasteiger partial charge in [-0.1, -0.05) is 23.7 Å². The summed E-state index contributed by atoms with van der Waals surface area (Å²) in [5.74, 6) is -4.96. The van der Waals surface area contributed by atoms with Crippen molar-refractivity contribution in [3.8, 4) is 11.3 Å². The SMILES string of the molecule is Cc1cc(-c2cc(F)c(CS(=O)(=O)c3ccccc3Cl)c(F)c2F)nc2cnc(NC3CCC(CC(=O)OC(C)(C)C)CC3)nc12. The van der Waals surface area contributed by atoms with Crippen LogP contribution in [-0.2, 0) is 25.1 Å². The first kappa shape index (κ1) is 33.6. The Hall–Kier alpha value is -3.77. The molecule has 0 bridgehead atoms. The molecular weight excluding hydrogens is 641 g/mol. The molecule has 1 aliphatic rings. The first-order valence-electron chi connectivity index (χ1n) is 14.9. The van der Waals surface area contributed by atoms with E-state index in [4.69, 9.17) is 16.3 Å². The van der Waals surface area contributed by atoms with Gasteiger partial charge in [-0.05, 0) is 89.1 Å². The quantitative estimate of drug-likeness (QED) is 0.149. The zero-order chi connectivity index (χ0) is 33.4. The third kappa shape index (κ3) is 7.60. The Morgan fingerprint density at radius 1 is 1.04 bits per heavy atom. The molecule has 1 N–H and O–H groups in total. The maximum Gasteiger partial charge on any atom is 0.306 e. The van der Waals surface area contributed by atoms with E-state index in [1.165, 1.54) is 36.5 Å². The van der Waals surface area contributed by atoms with Gasteiger partial charge in [0.25, 0.3) is 0 Å². The lowest BCUT2D eigenvalue weighted by Gasteiger charge is -2.29. The van der Waals surface area contributed by atoms with Gasteiger partial charge < -0.3 is 10.1 Å². The van der Waals surface area contributed by atoms with Crippen LogP contribution in [0.4, 0.5) is 19.1 Å². The molecule has 2 aromatic heterocycles. The molecule has 2 aromatic carbocycles. The summed E-state index contributed by atoms with van der Waals surface area (Å²) in [4.78, 5) is 25.2. The predicted octanol–water partition coefficient (Wildman–Crippen LogP) is 7.75. The summed E-state index contributed by atoms with van der Waals surface area (Å²) in [6.45, 7) is 7.26. The van der Waals surface area contributed by atoms with E-state index in [9.17, 15) is 13.2 Å². The average molecular weight is 675 g/mol. The third-order valence-corrected chi connectivity index (χ3v) is 9.96. The van der Waals surface area contributed by atoms with Crippen molar-refractivity contribution in [3.63, 3.8) is 0 Å². The van der Waals surface area contributed by atoms with Crippen LogP contribution in [0.1, 0.15) is 64.0 Å². The number of anilines is 1. The number of esters is 1. The van der Waals surface area contributed by atoms with Gasteiger partial charge in [0.05, 0.1) is 33.1 Å². The van der Waals surface area contributed by atoms with E-state index >= 15 is 13.2 Å². The lowest BCUT2D eigenvalue weighted by Crippen LogP contribution is -2.30. The second-order valence-corrected chi connectivity index (χ2v) is 15.0. The molecule has 244 valence electrons. The predicted molar refractivity (Wildman–Crippen MR) is 170 cm³/mol. The van der Waals surface area contributed by atoms with Crippen molar-refractivity contribution in [2.24, 2.45) is 5.92 Å². The molecule has 0 radical (unpaired) electrons. The number of pyridine rings is 1. The minimum absolute atomic E-state index is 0.0616. The molecule has 8 nitrogen and oxygen atoms in total. The van der Waals surface area contributed by atoms with Gasteiger partial charge in [0.2, 0.25) is 5.95 Å². The fraction of sp³-hybridized carbons (Fsp3) is 0.394. The fourth-order valence-corrected chi connectivity index (χ4v) is 7.56.